The molecule has 4 rings (SSSR count). The van der Waals surface area contributed by atoms with Gasteiger partial charge in [0.05, 0.1) is 9.82 Å². The van der Waals surface area contributed by atoms with Crippen LogP contribution >= 0.6 is 0 Å². The molecule has 0 saturated heterocycles. The molecule has 11 nitrogen and oxygen atoms in total. The lowest BCUT2D eigenvalue weighted by Crippen LogP contribution is -2.12. The summed E-state index contributed by atoms with van der Waals surface area (Å²) >= 11 is 0. The molecule has 162 valence electrons. The largest absolute Gasteiger partial charge is 0.340 e. The van der Waals surface area contributed by atoms with Crippen molar-refractivity contribution in [3.8, 4) is 5.82 Å². The Hall–Kier alpha value is -4.32. The Kier molecular flexibility index (Phi) is 5.52. The lowest BCUT2D eigenvalue weighted by Gasteiger charge is -2.10. The Balaban J connectivity index is 1.46. The van der Waals surface area contributed by atoms with E-state index in [9.17, 15) is 18.5 Å². The molecule has 0 radical (unpaired) electrons. The van der Waals surface area contributed by atoms with Crippen LogP contribution in [0.3, 0.4) is 0 Å². The number of imidazole rings is 1. The molecular formula is C20H17N7O4S. The lowest BCUT2D eigenvalue weighted by atomic mass is 10.3. The van der Waals surface area contributed by atoms with Crippen LogP contribution in [0.5, 0.6) is 0 Å². The highest BCUT2D eigenvalue weighted by Gasteiger charge is 2.16. The SMILES string of the molecule is Cc1nccn1-c1cc(Nc2ccc(NS(=O)(=O)c3ccc([N+](=O)[O-])cc3)cc2)ncn1. The first-order valence-electron chi connectivity index (χ1n) is 9.28. The molecule has 32 heavy (non-hydrogen) atoms. The van der Waals surface area contributed by atoms with Crippen LogP contribution in [0, 0.1) is 17.0 Å². The van der Waals surface area contributed by atoms with Crippen molar-refractivity contribution in [2.45, 2.75) is 11.8 Å². The van der Waals surface area contributed by atoms with Crippen molar-refractivity contribution in [1.29, 1.82) is 0 Å². The highest BCUT2D eigenvalue weighted by atomic mass is 32.2. The van der Waals surface area contributed by atoms with E-state index in [2.05, 4.69) is 25.0 Å². The van der Waals surface area contributed by atoms with E-state index in [0.717, 1.165) is 18.0 Å². The number of rotatable bonds is 7. The lowest BCUT2D eigenvalue weighted by molar-refractivity contribution is -0.384. The predicted octanol–water partition coefficient (Wildman–Crippen LogP) is 3.42. The van der Waals surface area contributed by atoms with E-state index >= 15 is 0 Å². The Morgan fingerprint density at radius 3 is 2.28 bits per heavy atom. The Bertz CT molecular complexity index is 1370. The number of nitro benzene ring substituents is 1. The first kappa shape index (κ1) is 20.9. The van der Waals surface area contributed by atoms with Crippen LogP contribution in [0.1, 0.15) is 5.82 Å². The normalized spacial score (nSPS) is 11.2. The number of aromatic nitrogens is 4. The van der Waals surface area contributed by atoms with Gasteiger partial charge in [0.2, 0.25) is 0 Å². The molecule has 2 aromatic carbocycles. The zero-order valence-electron chi connectivity index (χ0n) is 16.7. The zero-order valence-corrected chi connectivity index (χ0v) is 17.5. The quantitative estimate of drug-likeness (QED) is 0.321. The van der Waals surface area contributed by atoms with Crippen molar-refractivity contribution in [1.82, 2.24) is 19.5 Å². The summed E-state index contributed by atoms with van der Waals surface area (Å²) in [5, 5.41) is 13.9. The Morgan fingerprint density at radius 2 is 1.66 bits per heavy atom. The van der Waals surface area contributed by atoms with Gasteiger partial charge in [0.15, 0.2) is 0 Å². The minimum absolute atomic E-state index is 0.0754. The monoisotopic (exact) mass is 451 g/mol. The predicted molar refractivity (Wildman–Crippen MR) is 118 cm³/mol. The fourth-order valence-electron chi connectivity index (χ4n) is 2.90. The summed E-state index contributed by atoms with van der Waals surface area (Å²) in [6, 6.07) is 13.0. The topological polar surface area (TPSA) is 145 Å². The van der Waals surface area contributed by atoms with Crippen LogP contribution < -0.4 is 10.0 Å². The molecule has 0 unspecified atom stereocenters. The minimum atomic E-state index is -3.88. The molecule has 0 saturated carbocycles. The van der Waals surface area contributed by atoms with E-state index in [1.165, 1.54) is 18.5 Å². The van der Waals surface area contributed by atoms with Crippen molar-refractivity contribution < 1.29 is 13.3 Å². The number of sulfonamides is 1. The van der Waals surface area contributed by atoms with E-state index < -0.39 is 14.9 Å². The third-order valence-electron chi connectivity index (χ3n) is 4.49. The standard InChI is InChI=1S/C20H17N7O4S/c1-14-21-10-11-26(14)20-12-19(22-13-23-20)24-15-2-4-16(5-3-15)25-32(30,31)18-8-6-17(7-9-18)27(28)29/h2-13,25H,1H3,(H,22,23,24). The third kappa shape index (κ3) is 4.54. The van der Waals surface area contributed by atoms with Crippen LogP contribution in [0.4, 0.5) is 22.9 Å². The molecule has 2 heterocycles. The molecule has 0 fully saturated rings. The number of nitro groups is 1. The van der Waals surface area contributed by atoms with Gasteiger partial charge in [-0.3, -0.25) is 19.4 Å². The fraction of sp³-hybridized carbons (Fsp3) is 0.0500. The fourth-order valence-corrected chi connectivity index (χ4v) is 3.96. The summed E-state index contributed by atoms with van der Waals surface area (Å²) in [6.45, 7) is 1.87. The van der Waals surface area contributed by atoms with E-state index in [4.69, 9.17) is 0 Å². The van der Waals surface area contributed by atoms with E-state index in [1.54, 1.807) is 42.7 Å². The van der Waals surface area contributed by atoms with Gasteiger partial charge in [-0.1, -0.05) is 0 Å². The van der Waals surface area contributed by atoms with Crippen molar-refractivity contribution in [2.24, 2.45) is 0 Å². The summed E-state index contributed by atoms with van der Waals surface area (Å²) in [5.41, 5.74) is 0.845. The molecule has 0 aliphatic heterocycles. The van der Waals surface area contributed by atoms with Crippen LogP contribution in [-0.2, 0) is 10.0 Å². The number of non-ortho nitro benzene ring substituents is 1. The Labute approximate surface area is 183 Å². The van der Waals surface area contributed by atoms with Crippen LogP contribution in [0.25, 0.3) is 5.82 Å². The van der Waals surface area contributed by atoms with Crippen molar-refractivity contribution in [2.75, 3.05) is 10.0 Å². The summed E-state index contributed by atoms with van der Waals surface area (Å²) < 4.78 is 29.3. The maximum Gasteiger partial charge on any atom is 0.269 e. The average Bonchev–Trinajstić information content (AvgIpc) is 3.21. The number of benzene rings is 2. The zero-order chi connectivity index (χ0) is 22.7. The second-order valence-corrected chi connectivity index (χ2v) is 8.35. The smallest absolute Gasteiger partial charge is 0.269 e. The first-order valence-corrected chi connectivity index (χ1v) is 10.8. The molecule has 0 aliphatic rings. The molecule has 2 N–H and O–H groups in total. The van der Waals surface area contributed by atoms with Gasteiger partial charge in [-0.05, 0) is 43.3 Å². The molecule has 0 amide bonds. The van der Waals surface area contributed by atoms with Gasteiger partial charge >= 0.3 is 0 Å². The molecule has 0 aliphatic carbocycles. The summed E-state index contributed by atoms with van der Waals surface area (Å²) in [4.78, 5) is 22.7. The van der Waals surface area contributed by atoms with E-state index in [0.29, 0.717) is 23.0 Å². The minimum Gasteiger partial charge on any atom is -0.340 e. The molecule has 0 bridgehead atoms. The van der Waals surface area contributed by atoms with Gasteiger partial charge in [-0.25, -0.2) is 23.4 Å². The van der Waals surface area contributed by atoms with Gasteiger partial charge in [-0.15, -0.1) is 0 Å². The van der Waals surface area contributed by atoms with Gasteiger partial charge in [0.25, 0.3) is 15.7 Å². The summed E-state index contributed by atoms with van der Waals surface area (Å²) in [5.74, 6) is 2.01. The number of anilines is 3. The molecule has 2 aromatic heterocycles. The van der Waals surface area contributed by atoms with Crippen LogP contribution in [0.15, 0.2) is 78.2 Å². The van der Waals surface area contributed by atoms with E-state index in [1.807, 2.05) is 11.5 Å². The highest BCUT2D eigenvalue weighted by Crippen LogP contribution is 2.22. The van der Waals surface area contributed by atoms with E-state index in [-0.39, 0.29) is 10.6 Å². The molecule has 0 atom stereocenters. The second kappa shape index (κ2) is 8.43. The van der Waals surface area contributed by atoms with Crippen molar-refractivity contribution in [3.05, 3.63) is 89.3 Å². The number of nitrogens with zero attached hydrogens (tertiary/aromatic N) is 5. The van der Waals surface area contributed by atoms with Crippen molar-refractivity contribution >= 4 is 32.9 Å². The molecular weight excluding hydrogens is 434 g/mol. The second-order valence-electron chi connectivity index (χ2n) is 6.66. The van der Waals surface area contributed by atoms with Gasteiger partial charge in [0, 0.05) is 42.0 Å². The average molecular weight is 451 g/mol. The molecule has 12 heteroatoms. The summed E-state index contributed by atoms with van der Waals surface area (Å²) in [7, 11) is -3.88. The highest BCUT2D eigenvalue weighted by molar-refractivity contribution is 7.92. The molecule has 0 spiro atoms. The van der Waals surface area contributed by atoms with Gasteiger partial charge < -0.3 is 5.32 Å². The number of hydrogen-bond acceptors (Lipinski definition) is 8. The van der Waals surface area contributed by atoms with Gasteiger partial charge in [-0.2, -0.15) is 0 Å². The maximum absolute atomic E-state index is 12.5. The maximum atomic E-state index is 12.5. The van der Waals surface area contributed by atoms with Crippen LogP contribution in [-0.4, -0.2) is 32.9 Å². The third-order valence-corrected chi connectivity index (χ3v) is 5.89. The van der Waals surface area contributed by atoms with Crippen molar-refractivity contribution in [3.63, 3.8) is 0 Å². The number of hydrogen-bond donors (Lipinski definition) is 2. The molecule has 4 aromatic rings. The van der Waals surface area contributed by atoms with Gasteiger partial charge in [0.1, 0.15) is 23.8 Å². The number of aryl methyl sites for hydroxylation is 1. The summed E-state index contributed by atoms with van der Waals surface area (Å²) in [6.07, 6.45) is 4.91. The number of nitrogens with one attached hydrogen (secondary N) is 2. The first-order chi connectivity index (χ1) is 15.3. The van der Waals surface area contributed by atoms with Crippen LogP contribution in [0.2, 0.25) is 0 Å². The Morgan fingerprint density at radius 1 is 0.969 bits per heavy atom.